The number of fused-ring (bicyclic) bond motifs is 1. The number of anilines is 4. The van der Waals surface area contributed by atoms with Gasteiger partial charge >= 0.3 is 0 Å². The smallest absolute Gasteiger partial charge is 0.104 e. The first kappa shape index (κ1) is 34.7. The summed E-state index contributed by atoms with van der Waals surface area (Å²) in [5, 5.41) is 21.6. The fraction of sp³-hybridized carbons (Fsp3) is 0.100. The van der Waals surface area contributed by atoms with Crippen LogP contribution in [0, 0.1) is 11.3 Å². The lowest BCUT2D eigenvalue weighted by molar-refractivity contribution is 0.443. The Hall–Kier alpha value is -7.07. The van der Waals surface area contributed by atoms with Crippen LogP contribution in [-0.4, -0.2) is 6.17 Å². The molecule has 3 atom stereocenters. The van der Waals surface area contributed by atoms with Gasteiger partial charge in [0.15, 0.2) is 0 Å². The number of hydrogen-bond acceptors (Lipinski definition) is 6. The van der Waals surface area contributed by atoms with Gasteiger partial charge < -0.3 is 21.3 Å². The van der Waals surface area contributed by atoms with Gasteiger partial charge in [0.05, 0.1) is 28.7 Å². The molecule has 0 spiro atoms. The van der Waals surface area contributed by atoms with Gasteiger partial charge in [0, 0.05) is 22.5 Å². The predicted molar refractivity (Wildman–Crippen MR) is 231 cm³/mol. The van der Waals surface area contributed by atoms with Gasteiger partial charge in [0.25, 0.3) is 0 Å². The van der Waals surface area contributed by atoms with Crippen LogP contribution in [0.25, 0.3) is 39.1 Å². The first-order valence-corrected chi connectivity index (χ1v) is 19.2. The highest BCUT2D eigenvalue weighted by Gasteiger charge is 2.28. The Morgan fingerprint density at radius 2 is 1.23 bits per heavy atom. The average molecular weight is 727 g/mol. The Balaban J connectivity index is 0.963. The van der Waals surface area contributed by atoms with Crippen molar-refractivity contribution >= 4 is 28.4 Å². The molecule has 2 aliphatic rings. The van der Waals surface area contributed by atoms with Gasteiger partial charge in [-0.1, -0.05) is 146 Å². The van der Waals surface area contributed by atoms with Crippen molar-refractivity contribution in [2.75, 3.05) is 16.0 Å². The summed E-state index contributed by atoms with van der Waals surface area (Å²) >= 11 is 0. The van der Waals surface area contributed by atoms with Crippen molar-refractivity contribution in [3.05, 3.63) is 198 Å². The van der Waals surface area contributed by atoms with E-state index in [2.05, 4.69) is 192 Å². The Morgan fingerprint density at radius 1 is 0.607 bits per heavy atom. The molecule has 7 aromatic carbocycles. The summed E-state index contributed by atoms with van der Waals surface area (Å²) in [6.07, 6.45) is 3.31. The maximum atomic E-state index is 10.4. The summed E-state index contributed by atoms with van der Waals surface area (Å²) in [6, 6.07) is 61.5. The highest BCUT2D eigenvalue weighted by atomic mass is 15.3. The molecule has 0 aliphatic carbocycles. The number of para-hydroxylation sites is 2. The SMILES string of the molecule is CCC1Nc2ccccc2N1c1ccc(-c2ccc(-c3ccc(-c4cccc(C5NC(c6ccccc6)=CC(c6ccccc6)N5)c4)cc3)c(C#N)c2N)cc1. The highest BCUT2D eigenvalue weighted by molar-refractivity contribution is 5.89. The second-order valence-corrected chi connectivity index (χ2v) is 14.3. The van der Waals surface area contributed by atoms with Gasteiger partial charge in [0.1, 0.15) is 18.4 Å². The zero-order valence-corrected chi connectivity index (χ0v) is 31.2. The summed E-state index contributed by atoms with van der Waals surface area (Å²) in [6.45, 7) is 2.19. The first-order chi connectivity index (χ1) is 27.6. The van der Waals surface area contributed by atoms with Gasteiger partial charge in [0.2, 0.25) is 0 Å². The molecule has 3 unspecified atom stereocenters. The lowest BCUT2D eigenvalue weighted by atomic mass is 9.92. The first-order valence-electron chi connectivity index (χ1n) is 19.2. The molecule has 6 heteroatoms. The predicted octanol–water partition coefficient (Wildman–Crippen LogP) is 11.4. The molecule has 0 radical (unpaired) electrons. The molecule has 0 saturated carbocycles. The molecule has 9 rings (SSSR count). The zero-order chi connectivity index (χ0) is 38.0. The van der Waals surface area contributed by atoms with Crippen LogP contribution in [-0.2, 0) is 0 Å². The van der Waals surface area contributed by atoms with Crippen LogP contribution in [0.2, 0.25) is 0 Å². The third kappa shape index (κ3) is 6.55. The van der Waals surface area contributed by atoms with Crippen molar-refractivity contribution in [1.29, 1.82) is 5.26 Å². The van der Waals surface area contributed by atoms with Crippen molar-refractivity contribution in [2.45, 2.75) is 31.7 Å². The van der Waals surface area contributed by atoms with E-state index >= 15 is 0 Å². The maximum Gasteiger partial charge on any atom is 0.104 e. The molecule has 56 heavy (non-hydrogen) atoms. The average Bonchev–Trinajstić information content (AvgIpc) is 3.66. The van der Waals surface area contributed by atoms with Crippen LogP contribution < -0.4 is 26.6 Å². The van der Waals surface area contributed by atoms with Crippen molar-refractivity contribution in [3.63, 3.8) is 0 Å². The van der Waals surface area contributed by atoms with Crippen LogP contribution in [0.1, 0.15) is 47.8 Å². The van der Waals surface area contributed by atoms with E-state index in [4.69, 9.17) is 5.73 Å². The number of nitrogens with two attached hydrogens (primary N) is 1. The quantitative estimate of drug-likeness (QED) is 0.117. The number of nitrogen functional groups attached to an aromatic ring is 1. The van der Waals surface area contributed by atoms with Crippen molar-refractivity contribution < 1.29 is 0 Å². The normalized spacial score (nSPS) is 17.2. The van der Waals surface area contributed by atoms with Crippen LogP contribution in [0.15, 0.2) is 176 Å². The van der Waals surface area contributed by atoms with E-state index in [9.17, 15) is 5.26 Å². The fourth-order valence-electron chi connectivity index (χ4n) is 8.06. The number of hydrogen-bond donors (Lipinski definition) is 4. The third-order valence-corrected chi connectivity index (χ3v) is 11.0. The van der Waals surface area contributed by atoms with Gasteiger partial charge in [-0.2, -0.15) is 5.26 Å². The number of nitrogens with one attached hydrogen (secondary N) is 3. The molecule has 0 fully saturated rings. The van der Waals surface area contributed by atoms with Gasteiger partial charge in [-0.15, -0.1) is 0 Å². The fourth-order valence-corrected chi connectivity index (χ4v) is 8.06. The lowest BCUT2D eigenvalue weighted by Crippen LogP contribution is -2.39. The second-order valence-electron chi connectivity index (χ2n) is 14.3. The monoisotopic (exact) mass is 726 g/mol. The molecule has 7 aromatic rings. The Morgan fingerprint density at radius 3 is 1.98 bits per heavy atom. The molecule has 0 amide bonds. The highest BCUT2D eigenvalue weighted by Crippen LogP contribution is 2.42. The van der Waals surface area contributed by atoms with Crippen LogP contribution in [0.4, 0.5) is 22.7 Å². The van der Waals surface area contributed by atoms with E-state index in [1.807, 2.05) is 18.2 Å². The van der Waals surface area contributed by atoms with E-state index in [-0.39, 0.29) is 18.4 Å². The summed E-state index contributed by atoms with van der Waals surface area (Å²) < 4.78 is 0. The summed E-state index contributed by atoms with van der Waals surface area (Å²) in [4.78, 5) is 2.34. The van der Waals surface area contributed by atoms with Gasteiger partial charge in [-0.3, -0.25) is 5.32 Å². The van der Waals surface area contributed by atoms with E-state index in [0.29, 0.717) is 11.3 Å². The van der Waals surface area contributed by atoms with Crippen molar-refractivity contribution in [2.24, 2.45) is 0 Å². The van der Waals surface area contributed by atoms with E-state index in [1.165, 1.54) is 11.3 Å². The minimum Gasteiger partial charge on any atom is -0.397 e. The molecule has 2 heterocycles. The lowest BCUT2D eigenvalue weighted by Gasteiger charge is -2.33. The zero-order valence-electron chi connectivity index (χ0n) is 31.2. The minimum absolute atomic E-state index is 0.0484. The third-order valence-electron chi connectivity index (χ3n) is 11.0. The van der Waals surface area contributed by atoms with E-state index in [0.717, 1.165) is 68.0 Å². The molecular weight excluding hydrogens is 685 g/mol. The number of nitrogens with zero attached hydrogens (tertiary/aromatic N) is 2. The number of nitriles is 1. The van der Waals surface area contributed by atoms with Gasteiger partial charge in [-0.25, -0.2) is 0 Å². The maximum absolute atomic E-state index is 10.4. The van der Waals surface area contributed by atoms with E-state index in [1.54, 1.807) is 0 Å². The summed E-state index contributed by atoms with van der Waals surface area (Å²) in [5.74, 6) is 0. The molecule has 0 saturated heterocycles. The van der Waals surface area contributed by atoms with Crippen molar-refractivity contribution in [3.8, 4) is 39.4 Å². The Labute approximate surface area is 328 Å². The van der Waals surface area contributed by atoms with Gasteiger partial charge in [-0.05, 0) is 81.8 Å². The Kier molecular flexibility index (Phi) is 9.28. The van der Waals surface area contributed by atoms with E-state index < -0.39 is 0 Å². The molecule has 5 N–H and O–H groups in total. The van der Waals surface area contributed by atoms with Crippen LogP contribution >= 0.6 is 0 Å². The molecule has 6 nitrogen and oxygen atoms in total. The summed E-state index contributed by atoms with van der Waals surface area (Å²) in [5.41, 5.74) is 21.6. The molecule has 2 aliphatic heterocycles. The van der Waals surface area contributed by atoms with Crippen LogP contribution in [0.3, 0.4) is 0 Å². The summed E-state index contributed by atoms with van der Waals surface area (Å²) in [7, 11) is 0. The molecule has 0 aromatic heterocycles. The molecule has 272 valence electrons. The number of rotatable bonds is 8. The Bertz CT molecular complexity index is 2570. The molecular formula is C50H42N6. The second kappa shape index (κ2) is 15.0. The standard InChI is InChI=1S/C50H42N6/c1-2-48-53-44-18-9-10-19-47(44)56(48)40-26-24-35(25-27-40)42-29-28-41(43(32-51)49(42)52)34-22-20-33(21-23-34)38-16-11-17-39(30-38)50-54-45(36-12-5-3-6-13-36)31-46(55-50)37-14-7-4-8-15-37/h3-31,45,48,50,53-55H,2,52H2,1H3. The topological polar surface area (TPSA) is 89.1 Å². The largest absolute Gasteiger partial charge is 0.397 e. The minimum atomic E-state index is -0.0993. The van der Waals surface area contributed by atoms with Crippen LogP contribution in [0.5, 0.6) is 0 Å². The number of benzene rings is 7. The van der Waals surface area contributed by atoms with Crippen molar-refractivity contribution in [1.82, 2.24) is 10.6 Å². The molecule has 0 bridgehead atoms.